The fourth-order valence-electron chi connectivity index (χ4n) is 1.57. The molecule has 0 unspecified atom stereocenters. The minimum atomic E-state index is -1.08. The van der Waals surface area contributed by atoms with E-state index in [1.807, 2.05) is 0 Å². The summed E-state index contributed by atoms with van der Waals surface area (Å²) in [5, 5.41) is 11.3. The average molecular weight is 283 g/mol. The normalized spacial score (nSPS) is 12.0. The van der Waals surface area contributed by atoms with E-state index in [4.69, 9.17) is 9.84 Å². The van der Waals surface area contributed by atoms with Crippen LogP contribution in [0, 0.1) is 11.7 Å². The Hall–Kier alpha value is -2.11. The Morgan fingerprint density at radius 2 is 2.00 bits per heavy atom. The Morgan fingerprint density at radius 1 is 1.35 bits per heavy atom. The molecule has 110 valence electrons. The highest BCUT2D eigenvalue weighted by atomic mass is 19.1. The number of carbonyl (C=O) groups excluding carboxylic acids is 1. The molecule has 1 rings (SSSR count). The Labute approximate surface area is 116 Å². The van der Waals surface area contributed by atoms with Crippen molar-refractivity contribution in [3.63, 3.8) is 0 Å². The van der Waals surface area contributed by atoms with E-state index >= 15 is 0 Å². The van der Waals surface area contributed by atoms with Crippen molar-refractivity contribution in [2.75, 3.05) is 6.61 Å². The van der Waals surface area contributed by atoms with Crippen molar-refractivity contribution >= 4 is 11.9 Å². The topological polar surface area (TPSA) is 75.6 Å². The number of carboxylic acids is 1. The number of carboxylic acid groups (broad SMARTS) is 1. The zero-order valence-electron chi connectivity index (χ0n) is 11.4. The minimum Gasteiger partial charge on any atom is -0.490 e. The second kappa shape index (κ2) is 7.47. The van der Waals surface area contributed by atoms with Crippen molar-refractivity contribution < 1.29 is 23.8 Å². The van der Waals surface area contributed by atoms with Crippen LogP contribution < -0.4 is 10.1 Å². The number of ether oxygens (including phenoxy) is 1. The molecular formula is C14H18FNO4. The number of rotatable bonds is 7. The van der Waals surface area contributed by atoms with Crippen LogP contribution in [0.25, 0.3) is 0 Å². The lowest BCUT2D eigenvalue weighted by atomic mass is 10.0. The first-order valence-corrected chi connectivity index (χ1v) is 6.31. The number of para-hydroxylation sites is 1. The van der Waals surface area contributed by atoms with Crippen LogP contribution in [0.4, 0.5) is 4.39 Å². The minimum absolute atomic E-state index is 0.0167. The summed E-state index contributed by atoms with van der Waals surface area (Å²) in [6.45, 7) is 3.39. The molecular weight excluding hydrogens is 265 g/mol. The second-order valence-corrected chi connectivity index (χ2v) is 4.66. The van der Waals surface area contributed by atoms with E-state index in [-0.39, 0.29) is 24.7 Å². The molecule has 0 fully saturated rings. The molecule has 0 heterocycles. The van der Waals surface area contributed by atoms with E-state index < -0.39 is 23.7 Å². The predicted octanol–water partition coefficient (Wildman–Crippen LogP) is 1.82. The van der Waals surface area contributed by atoms with Crippen molar-refractivity contribution in [1.82, 2.24) is 5.32 Å². The van der Waals surface area contributed by atoms with Gasteiger partial charge in [-0.15, -0.1) is 0 Å². The molecule has 0 aliphatic heterocycles. The maximum atomic E-state index is 13.2. The summed E-state index contributed by atoms with van der Waals surface area (Å²) >= 11 is 0. The van der Waals surface area contributed by atoms with Gasteiger partial charge in [-0.05, 0) is 18.1 Å². The lowest BCUT2D eigenvalue weighted by molar-refractivity contribution is -0.143. The van der Waals surface area contributed by atoms with E-state index in [9.17, 15) is 14.0 Å². The highest BCUT2D eigenvalue weighted by Gasteiger charge is 2.23. The van der Waals surface area contributed by atoms with Crippen LogP contribution in [-0.2, 0) is 9.59 Å². The number of halogens is 1. The molecule has 0 aliphatic carbocycles. The summed E-state index contributed by atoms with van der Waals surface area (Å²) in [5.74, 6) is -2.17. The molecule has 20 heavy (non-hydrogen) atoms. The molecule has 1 amide bonds. The first kappa shape index (κ1) is 15.9. The number of hydrogen-bond acceptors (Lipinski definition) is 3. The molecule has 0 saturated heterocycles. The summed E-state index contributed by atoms with van der Waals surface area (Å²) < 4.78 is 18.4. The molecule has 0 bridgehead atoms. The molecule has 0 radical (unpaired) electrons. The quantitative estimate of drug-likeness (QED) is 0.800. The Morgan fingerprint density at radius 3 is 2.55 bits per heavy atom. The maximum absolute atomic E-state index is 13.2. The van der Waals surface area contributed by atoms with Gasteiger partial charge in [0, 0.05) is 0 Å². The average Bonchev–Trinajstić information content (AvgIpc) is 2.37. The van der Waals surface area contributed by atoms with Crippen molar-refractivity contribution in [3.8, 4) is 5.75 Å². The monoisotopic (exact) mass is 283 g/mol. The number of benzene rings is 1. The van der Waals surface area contributed by atoms with Crippen LogP contribution in [-0.4, -0.2) is 29.6 Å². The second-order valence-electron chi connectivity index (χ2n) is 4.66. The van der Waals surface area contributed by atoms with Gasteiger partial charge in [0.25, 0.3) is 0 Å². The third-order valence-corrected chi connectivity index (χ3v) is 2.67. The van der Waals surface area contributed by atoms with Gasteiger partial charge < -0.3 is 15.2 Å². The molecule has 1 atom stereocenters. The van der Waals surface area contributed by atoms with Crippen LogP contribution in [0.3, 0.4) is 0 Å². The summed E-state index contributed by atoms with van der Waals surface area (Å²) in [7, 11) is 0. The smallest absolute Gasteiger partial charge is 0.326 e. The summed E-state index contributed by atoms with van der Waals surface area (Å²) in [6, 6.07) is 4.94. The lowest BCUT2D eigenvalue weighted by Crippen LogP contribution is -2.44. The fraction of sp³-hybridized carbons (Fsp3) is 0.429. The predicted molar refractivity (Wildman–Crippen MR) is 70.9 cm³/mol. The largest absolute Gasteiger partial charge is 0.490 e. The zero-order chi connectivity index (χ0) is 15.1. The number of aliphatic carboxylic acids is 1. The molecule has 0 aliphatic rings. The van der Waals surface area contributed by atoms with Gasteiger partial charge in [-0.1, -0.05) is 26.0 Å². The molecule has 0 aromatic heterocycles. The molecule has 0 saturated carbocycles. The Bertz CT molecular complexity index is 476. The zero-order valence-corrected chi connectivity index (χ0v) is 11.4. The van der Waals surface area contributed by atoms with Crippen LogP contribution in [0.1, 0.15) is 20.3 Å². The third-order valence-electron chi connectivity index (χ3n) is 2.67. The first-order chi connectivity index (χ1) is 9.41. The summed E-state index contributed by atoms with van der Waals surface area (Å²) in [6.07, 6.45) is -0.0369. The van der Waals surface area contributed by atoms with Crippen molar-refractivity contribution in [3.05, 3.63) is 30.1 Å². The standard InChI is InChI=1S/C14H18FNO4/c1-9(2)13(14(18)19)16-12(17)7-8-20-11-6-4-3-5-10(11)15/h3-6,9,13H,7-8H2,1-2H3,(H,16,17)(H,18,19)/t13-/m0/s1. The number of nitrogens with one attached hydrogen (secondary N) is 1. The molecule has 6 heteroatoms. The highest BCUT2D eigenvalue weighted by molar-refractivity contribution is 5.83. The van der Waals surface area contributed by atoms with Gasteiger partial charge in [-0.2, -0.15) is 0 Å². The molecule has 5 nitrogen and oxygen atoms in total. The van der Waals surface area contributed by atoms with Crippen LogP contribution in [0.5, 0.6) is 5.75 Å². The van der Waals surface area contributed by atoms with Crippen molar-refractivity contribution in [2.45, 2.75) is 26.3 Å². The van der Waals surface area contributed by atoms with Crippen molar-refractivity contribution in [1.29, 1.82) is 0 Å². The fourth-order valence-corrected chi connectivity index (χ4v) is 1.57. The maximum Gasteiger partial charge on any atom is 0.326 e. The molecule has 1 aromatic rings. The van der Waals surface area contributed by atoms with Gasteiger partial charge in [-0.25, -0.2) is 9.18 Å². The van der Waals surface area contributed by atoms with Crippen LogP contribution >= 0.6 is 0 Å². The Balaban J connectivity index is 2.40. The van der Waals surface area contributed by atoms with E-state index in [0.717, 1.165) is 0 Å². The Kier molecular flexibility index (Phi) is 5.96. The first-order valence-electron chi connectivity index (χ1n) is 6.31. The van der Waals surface area contributed by atoms with Gasteiger partial charge in [0.05, 0.1) is 13.0 Å². The molecule has 2 N–H and O–H groups in total. The van der Waals surface area contributed by atoms with Crippen LogP contribution in [0.15, 0.2) is 24.3 Å². The van der Waals surface area contributed by atoms with E-state index in [1.165, 1.54) is 18.2 Å². The van der Waals surface area contributed by atoms with E-state index in [1.54, 1.807) is 19.9 Å². The van der Waals surface area contributed by atoms with Gasteiger partial charge >= 0.3 is 5.97 Å². The number of hydrogen-bond donors (Lipinski definition) is 2. The van der Waals surface area contributed by atoms with Crippen LogP contribution in [0.2, 0.25) is 0 Å². The van der Waals surface area contributed by atoms with E-state index in [0.29, 0.717) is 0 Å². The van der Waals surface area contributed by atoms with E-state index in [2.05, 4.69) is 5.32 Å². The van der Waals surface area contributed by atoms with Gasteiger partial charge in [0.15, 0.2) is 11.6 Å². The third kappa shape index (κ3) is 4.87. The molecule has 0 spiro atoms. The number of carbonyl (C=O) groups is 2. The van der Waals surface area contributed by atoms with Gasteiger partial charge in [0.1, 0.15) is 6.04 Å². The molecule has 1 aromatic carbocycles. The lowest BCUT2D eigenvalue weighted by Gasteiger charge is -2.17. The van der Waals surface area contributed by atoms with Gasteiger partial charge in [0.2, 0.25) is 5.91 Å². The highest BCUT2D eigenvalue weighted by Crippen LogP contribution is 2.15. The summed E-state index contributed by atoms with van der Waals surface area (Å²) in [4.78, 5) is 22.5. The SMILES string of the molecule is CC(C)[C@H](NC(=O)CCOc1ccccc1F)C(=O)O. The van der Waals surface area contributed by atoms with Crippen molar-refractivity contribution in [2.24, 2.45) is 5.92 Å². The number of amides is 1. The summed E-state index contributed by atoms with van der Waals surface area (Å²) in [5.41, 5.74) is 0. The van der Waals surface area contributed by atoms with Gasteiger partial charge in [-0.3, -0.25) is 4.79 Å².